The number of aryl methyl sites for hydroxylation is 1. The molecule has 3 heterocycles. The van der Waals surface area contributed by atoms with Crippen molar-refractivity contribution < 1.29 is 4.39 Å². The largest absolute Gasteiger partial charge is 0.263 e. The maximum absolute atomic E-state index is 13.7. The minimum absolute atomic E-state index is 0.281. The molecule has 0 amide bonds. The predicted molar refractivity (Wildman–Crippen MR) is 118 cm³/mol. The number of benzene rings is 1. The lowest BCUT2D eigenvalue weighted by atomic mass is 10.1. The maximum atomic E-state index is 13.7. The third-order valence-electron chi connectivity index (χ3n) is 4.30. The average Bonchev–Trinajstić information content (AvgIpc) is 3.31. The van der Waals surface area contributed by atoms with Crippen molar-refractivity contribution in [3.05, 3.63) is 66.0 Å². The monoisotopic (exact) mass is 435 g/mol. The Labute approximate surface area is 182 Å². The Hall–Kier alpha value is -3.02. The number of hydrogen-bond acceptors (Lipinski definition) is 6. The van der Waals surface area contributed by atoms with Gasteiger partial charge in [0.05, 0.1) is 21.2 Å². The molecule has 5 nitrogen and oxygen atoms in total. The molecule has 4 rings (SSSR count). The summed E-state index contributed by atoms with van der Waals surface area (Å²) in [6.45, 7) is 6.14. The van der Waals surface area contributed by atoms with E-state index in [1.165, 1.54) is 29.7 Å². The number of thiazole rings is 1. The number of pyridine rings is 1. The van der Waals surface area contributed by atoms with Crippen LogP contribution in [0.3, 0.4) is 0 Å². The second-order valence-corrected chi connectivity index (χ2v) is 9.78. The highest BCUT2D eigenvalue weighted by Gasteiger charge is 2.19. The minimum atomic E-state index is -0.281. The summed E-state index contributed by atoms with van der Waals surface area (Å²) in [6.07, 6.45) is 5.13. The van der Waals surface area contributed by atoms with Gasteiger partial charge < -0.3 is 0 Å². The third-order valence-corrected chi connectivity index (χ3v) is 6.56. The van der Waals surface area contributed by atoms with Gasteiger partial charge in [-0.3, -0.25) is 4.98 Å². The van der Waals surface area contributed by atoms with Crippen molar-refractivity contribution in [2.45, 2.75) is 30.2 Å². The van der Waals surface area contributed by atoms with Crippen molar-refractivity contribution in [2.75, 3.05) is 0 Å². The van der Waals surface area contributed by atoms with E-state index in [4.69, 9.17) is 4.98 Å². The number of nitriles is 1. The van der Waals surface area contributed by atoms with E-state index in [2.05, 4.69) is 30.0 Å². The molecule has 0 spiro atoms. The Morgan fingerprint density at radius 1 is 1.20 bits per heavy atom. The minimum Gasteiger partial charge on any atom is -0.263 e. The second kappa shape index (κ2) is 8.38. The number of thioether (sulfide) groups is 1. The fraction of sp³-hybridized carbons (Fsp3) is 0.182. The lowest BCUT2D eigenvalue weighted by molar-refractivity contribution is 0.628. The second-order valence-electron chi connectivity index (χ2n) is 6.96. The fourth-order valence-corrected chi connectivity index (χ4v) is 5.44. The lowest BCUT2D eigenvalue weighted by Crippen LogP contribution is -1.94. The molecule has 8 heteroatoms. The summed E-state index contributed by atoms with van der Waals surface area (Å²) in [7, 11) is 0. The molecule has 0 unspecified atom stereocenters. The summed E-state index contributed by atoms with van der Waals surface area (Å²) in [5.41, 5.74) is 4.51. The van der Waals surface area contributed by atoms with E-state index in [0.29, 0.717) is 15.9 Å². The van der Waals surface area contributed by atoms with Gasteiger partial charge in [-0.2, -0.15) is 10.4 Å². The van der Waals surface area contributed by atoms with Crippen LogP contribution in [0.1, 0.15) is 25.1 Å². The topological polar surface area (TPSA) is 67.4 Å². The van der Waals surface area contributed by atoms with Crippen LogP contribution in [0.2, 0.25) is 0 Å². The number of aromatic nitrogens is 4. The summed E-state index contributed by atoms with van der Waals surface area (Å²) >= 11 is 3.25. The molecular weight excluding hydrogens is 417 g/mol. The van der Waals surface area contributed by atoms with E-state index in [0.717, 1.165) is 32.3 Å². The molecule has 3 aromatic heterocycles. The Morgan fingerprint density at radius 2 is 2.03 bits per heavy atom. The van der Waals surface area contributed by atoms with E-state index >= 15 is 0 Å². The predicted octanol–water partition coefficient (Wildman–Crippen LogP) is 5.88. The maximum Gasteiger partial charge on any atom is 0.211 e. The highest BCUT2D eigenvalue weighted by atomic mass is 32.2. The van der Waals surface area contributed by atoms with Crippen LogP contribution in [0, 0.1) is 24.1 Å². The normalized spacial score (nSPS) is 11.1. The fourth-order valence-electron chi connectivity index (χ4n) is 3.00. The zero-order chi connectivity index (χ0) is 21.3. The smallest absolute Gasteiger partial charge is 0.211 e. The highest BCUT2D eigenvalue weighted by molar-refractivity contribution is 8.01. The molecular formula is C22H18FN5S2. The summed E-state index contributed by atoms with van der Waals surface area (Å²) < 4.78 is 16.4. The Kier molecular flexibility index (Phi) is 5.66. The number of nitrogens with zero attached hydrogens (tertiary/aromatic N) is 5. The highest BCUT2D eigenvalue weighted by Crippen LogP contribution is 2.40. The molecule has 0 atom stereocenters. The SMILES string of the molecule is Cc1nn(-c2nc(-c3cncc(C#N)c3)c(SC(C)C)s2)cc1-c1cccc(F)c1. The van der Waals surface area contributed by atoms with E-state index in [1.807, 2.05) is 19.2 Å². The quantitative estimate of drug-likeness (QED) is 0.366. The van der Waals surface area contributed by atoms with Crippen LogP contribution in [-0.2, 0) is 0 Å². The standard InChI is InChI=1S/C22H18FN5S2/c1-13(2)29-21-20(17-7-15(9-24)10-25-11-17)26-22(30-21)28-12-19(14(3)27-28)16-5-4-6-18(23)8-16/h4-8,10-13H,1-3H3. The molecule has 0 saturated heterocycles. The van der Waals surface area contributed by atoms with E-state index in [9.17, 15) is 9.65 Å². The van der Waals surface area contributed by atoms with Crippen molar-refractivity contribution in [3.63, 3.8) is 0 Å². The molecule has 1 aromatic carbocycles. The summed E-state index contributed by atoms with van der Waals surface area (Å²) in [4.78, 5) is 8.99. The Balaban J connectivity index is 1.79. The van der Waals surface area contributed by atoms with Crippen LogP contribution < -0.4 is 0 Å². The van der Waals surface area contributed by atoms with Gasteiger partial charge in [-0.05, 0) is 30.7 Å². The average molecular weight is 436 g/mol. The van der Waals surface area contributed by atoms with Crippen molar-refractivity contribution in [2.24, 2.45) is 0 Å². The van der Waals surface area contributed by atoms with Gasteiger partial charge >= 0.3 is 0 Å². The number of halogens is 1. The zero-order valence-electron chi connectivity index (χ0n) is 16.6. The molecule has 0 aliphatic carbocycles. The van der Waals surface area contributed by atoms with E-state index in [-0.39, 0.29) is 5.82 Å². The third kappa shape index (κ3) is 4.13. The van der Waals surface area contributed by atoms with Gasteiger partial charge in [-0.25, -0.2) is 14.1 Å². The first kappa shape index (κ1) is 20.3. The molecule has 30 heavy (non-hydrogen) atoms. The molecule has 4 aromatic rings. The zero-order valence-corrected chi connectivity index (χ0v) is 18.3. The van der Waals surface area contributed by atoms with Crippen molar-refractivity contribution in [3.8, 4) is 33.6 Å². The van der Waals surface area contributed by atoms with Crippen LogP contribution in [0.15, 0.2) is 53.1 Å². The van der Waals surface area contributed by atoms with Gasteiger partial charge in [0.2, 0.25) is 5.13 Å². The Morgan fingerprint density at radius 3 is 2.77 bits per heavy atom. The van der Waals surface area contributed by atoms with Crippen molar-refractivity contribution in [1.82, 2.24) is 19.7 Å². The van der Waals surface area contributed by atoms with Crippen LogP contribution in [-0.4, -0.2) is 25.0 Å². The van der Waals surface area contributed by atoms with Crippen molar-refractivity contribution >= 4 is 23.1 Å². The van der Waals surface area contributed by atoms with Gasteiger partial charge in [0.15, 0.2) is 0 Å². The molecule has 0 N–H and O–H groups in total. The van der Waals surface area contributed by atoms with Crippen molar-refractivity contribution in [1.29, 1.82) is 5.26 Å². The summed E-state index contributed by atoms with van der Waals surface area (Å²) in [6, 6.07) is 10.4. The molecule has 0 fully saturated rings. The van der Waals surface area contributed by atoms with Gasteiger partial charge in [0.25, 0.3) is 0 Å². The lowest BCUT2D eigenvalue weighted by Gasteiger charge is -2.04. The van der Waals surface area contributed by atoms with Crippen LogP contribution in [0.4, 0.5) is 4.39 Å². The summed E-state index contributed by atoms with van der Waals surface area (Å²) in [5.74, 6) is -0.281. The first-order chi connectivity index (χ1) is 14.4. The molecule has 0 saturated carbocycles. The van der Waals surface area contributed by atoms with Crippen LogP contribution in [0.25, 0.3) is 27.5 Å². The van der Waals surface area contributed by atoms with Gasteiger partial charge in [-0.1, -0.05) is 37.3 Å². The van der Waals surface area contributed by atoms with Gasteiger partial charge in [-0.15, -0.1) is 11.8 Å². The number of rotatable bonds is 5. The molecule has 150 valence electrons. The first-order valence-corrected chi connectivity index (χ1v) is 11.0. The molecule has 0 bridgehead atoms. The number of hydrogen-bond donors (Lipinski definition) is 0. The van der Waals surface area contributed by atoms with Crippen LogP contribution in [0.5, 0.6) is 0 Å². The van der Waals surface area contributed by atoms with E-state index < -0.39 is 0 Å². The molecule has 0 aliphatic rings. The van der Waals surface area contributed by atoms with Gasteiger partial charge in [0, 0.05) is 35.0 Å². The molecule has 0 aliphatic heterocycles. The molecule has 0 radical (unpaired) electrons. The van der Waals surface area contributed by atoms with Gasteiger partial charge in [0.1, 0.15) is 11.9 Å². The van der Waals surface area contributed by atoms with E-state index in [1.54, 1.807) is 34.8 Å². The van der Waals surface area contributed by atoms with Crippen LogP contribution >= 0.6 is 23.1 Å². The summed E-state index contributed by atoms with van der Waals surface area (Å²) in [5, 5.41) is 14.9. The Bertz CT molecular complexity index is 1250. The first-order valence-electron chi connectivity index (χ1n) is 9.30.